The van der Waals surface area contributed by atoms with E-state index in [0.717, 1.165) is 61.0 Å². The Kier molecular flexibility index (Phi) is 12.7. The molecule has 0 aliphatic rings. The summed E-state index contributed by atoms with van der Waals surface area (Å²) in [6.07, 6.45) is 2.07. The first-order chi connectivity index (χ1) is 30.6. The monoisotopic (exact) mass is 1020 g/mol. The summed E-state index contributed by atoms with van der Waals surface area (Å²) >= 11 is 0. The summed E-state index contributed by atoms with van der Waals surface area (Å²) in [5, 5.41) is 12.1. The van der Waals surface area contributed by atoms with Crippen LogP contribution in [0, 0.1) is 17.5 Å². The first kappa shape index (κ1) is 42.0. The van der Waals surface area contributed by atoms with Gasteiger partial charge in [-0.1, -0.05) is 172 Å². The Labute approximate surface area is 386 Å². The Bertz CT molecular complexity index is 3090. The second-order valence-corrected chi connectivity index (χ2v) is 22.3. The topological polar surface area (TPSA) is 85.5 Å². The van der Waals surface area contributed by atoms with Crippen molar-refractivity contribution in [1.82, 2.24) is 9.97 Å². The molecule has 0 saturated heterocycles. The standard InChI is InChI=1S/C34H28NO.C21H20NO3Si.Ir/c1-34(2,3)22-23-17-18-35-31(19-23)28-16-10-15-27-30-21-26(24-11-6-4-7-12-24)20-29(33(30)36-32(27)28)25-13-8-5-9-14-25;1-26(2,3)17-10-12-20(22-14-17)16-9-11-18(21(23)25-24)19(13-16)15-7-5-4-6-8-15;/h4-15,17-21H,22H2,1-3H3;4-8,10-14,24H,1-3H3;/q2*-1;/i22D2;;. The van der Waals surface area contributed by atoms with Crippen molar-refractivity contribution in [3.63, 3.8) is 0 Å². The molecule has 0 bridgehead atoms. The molecule has 9 rings (SSSR count). The van der Waals surface area contributed by atoms with E-state index in [0.29, 0.717) is 22.4 Å². The van der Waals surface area contributed by atoms with Crippen LogP contribution in [0.5, 0.6) is 0 Å². The van der Waals surface area contributed by atoms with Crippen LogP contribution in [0.1, 0.15) is 39.4 Å². The summed E-state index contributed by atoms with van der Waals surface area (Å²) in [6, 6.07) is 55.9. The normalized spacial score (nSPS) is 12.1. The zero-order valence-electron chi connectivity index (χ0n) is 38.0. The maximum Gasteiger partial charge on any atom is 0.333 e. The molecule has 1 radical (unpaired) electrons. The molecule has 0 atom stereocenters. The molecule has 0 saturated carbocycles. The van der Waals surface area contributed by atoms with Gasteiger partial charge in [-0.2, -0.15) is 0 Å². The van der Waals surface area contributed by atoms with Crippen molar-refractivity contribution in [3.05, 3.63) is 187 Å². The van der Waals surface area contributed by atoms with E-state index in [1.54, 1.807) is 12.3 Å². The molecule has 3 heterocycles. The molecule has 0 fully saturated rings. The molecule has 8 heteroatoms. The average molecular weight is 1020 g/mol. The predicted molar refractivity (Wildman–Crippen MR) is 255 cm³/mol. The summed E-state index contributed by atoms with van der Waals surface area (Å²) in [4.78, 5) is 25.0. The molecule has 0 aliphatic carbocycles. The molecule has 0 amide bonds. The minimum Gasteiger partial charge on any atom is -0.500 e. The van der Waals surface area contributed by atoms with Crippen LogP contribution < -0.4 is 5.19 Å². The Morgan fingerprint density at radius 1 is 0.714 bits per heavy atom. The van der Waals surface area contributed by atoms with Crippen LogP contribution in [0.15, 0.2) is 168 Å². The predicted octanol–water partition coefficient (Wildman–Crippen LogP) is 13.8. The van der Waals surface area contributed by atoms with E-state index in [-0.39, 0.29) is 25.7 Å². The number of aromatic nitrogens is 2. The SMILES string of the molecule is C[Si](C)(C)c1ccc(-c2[c-]cc(C(=O)OO)c(-c3ccccc3)c2)nc1.[2H]C([2H])(c1ccnc(-c2[c-]ccc3c2oc2c(-c4ccccc4)cc(-c4ccccc4)cc23)c1)C(C)(C)C.[Ir]. The molecule has 0 spiro atoms. The Morgan fingerprint density at radius 3 is 1.97 bits per heavy atom. The molecule has 6 aromatic carbocycles. The fourth-order valence-corrected chi connectivity index (χ4v) is 8.49. The summed E-state index contributed by atoms with van der Waals surface area (Å²) in [5.41, 5.74) is 10.6. The maximum absolute atomic E-state index is 11.9. The summed E-state index contributed by atoms with van der Waals surface area (Å²) < 4.78 is 24.2. The van der Waals surface area contributed by atoms with E-state index in [1.807, 2.05) is 112 Å². The van der Waals surface area contributed by atoms with Crippen molar-refractivity contribution in [3.8, 4) is 55.9 Å². The molecule has 3 aromatic heterocycles. The third-order valence-corrected chi connectivity index (χ3v) is 12.5. The maximum atomic E-state index is 11.9. The van der Waals surface area contributed by atoms with Crippen molar-refractivity contribution in [2.45, 2.75) is 46.8 Å². The van der Waals surface area contributed by atoms with Crippen LogP contribution in [0.3, 0.4) is 0 Å². The zero-order chi connectivity index (χ0) is 45.2. The molecule has 317 valence electrons. The molecule has 0 aliphatic heterocycles. The number of hydrogen-bond acceptors (Lipinski definition) is 6. The number of hydrogen-bond donors (Lipinski definition) is 1. The van der Waals surface area contributed by atoms with E-state index in [2.05, 4.69) is 101 Å². The average Bonchev–Trinajstić information content (AvgIpc) is 3.70. The van der Waals surface area contributed by atoms with Gasteiger partial charge in [0.15, 0.2) is 0 Å². The van der Waals surface area contributed by atoms with Crippen molar-refractivity contribution in [1.29, 1.82) is 0 Å². The van der Waals surface area contributed by atoms with Crippen LogP contribution in [0.4, 0.5) is 0 Å². The number of carbonyl (C=O) groups is 1. The van der Waals surface area contributed by atoms with E-state index in [9.17, 15) is 4.79 Å². The molecule has 63 heavy (non-hydrogen) atoms. The number of nitrogens with zero attached hydrogens (tertiary/aromatic N) is 2. The van der Waals surface area contributed by atoms with Gasteiger partial charge in [0.25, 0.3) is 0 Å². The van der Waals surface area contributed by atoms with Crippen molar-refractivity contribution in [2.24, 2.45) is 5.41 Å². The molecule has 0 unspecified atom stereocenters. The van der Waals surface area contributed by atoms with E-state index >= 15 is 0 Å². The largest absolute Gasteiger partial charge is 0.500 e. The van der Waals surface area contributed by atoms with Crippen LogP contribution in [0.25, 0.3) is 77.8 Å². The van der Waals surface area contributed by atoms with Gasteiger partial charge >= 0.3 is 5.97 Å². The molecule has 9 aromatic rings. The summed E-state index contributed by atoms with van der Waals surface area (Å²) in [6.45, 7) is 12.6. The van der Waals surface area contributed by atoms with Gasteiger partial charge in [-0.15, -0.1) is 42.0 Å². The summed E-state index contributed by atoms with van der Waals surface area (Å²) in [7, 11) is -1.41. The van der Waals surface area contributed by atoms with E-state index in [4.69, 9.17) is 12.4 Å². The minimum absolute atomic E-state index is 0. The fourth-order valence-electron chi connectivity index (χ4n) is 7.45. The van der Waals surface area contributed by atoms with Crippen LogP contribution in [-0.4, -0.2) is 29.3 Å². The van der Waals surface area contributed by atoms with E-state index < -0.39 is 25.8 Å². The Balaban J connectivity index is 0.000000205. The Morgan fingerprint density at radius 2 is 1.37 bits per heavy atom. The number of benzene rings is 6. The number of rotatable bonds is 8. The van der Waals surface area contributed by atoms with Gasteiger partial charge in [-0.05, 0) is 74.4 Å². The molecule has 6 nitrogen and oxygen atoms in total. The van der Waals surface area contributed by atoms with Crippen molar-refractivity contribution >= 4 is 41.2 Å². The van der Waals surface area contributed by atoms with Crippen LogP contribution >= 0.6 is 0 Å². The fraction of sp³-hybridized carbons (Fsp3) is 0.145. The number of pyridine rings is 2. The van der Waals surface area contributed by atoms with Gasteiger partial charge in [-0.25, -0.2) is 5.26 Å². The van der Waals surface area contributed by atoms with Gasteiger partial charge in [-0.3, -0.25) is 4.79 Å². The Hall–Kier alpha value is -6.28. The molecular formula is C55H48IrN2O4Si-2. The second-order valence-electron chi connectivity index (χ2n) is 17.2. The number of carbonyl (C=O) groups excluding carboxylic acids is 1. The van der Waals surface area contributed by atoms with Crippen molar-refractivity contribution in [2.75, 3.05) is 0 Å². The van der Waals surface area contributed by atoms with Gasteiger partial charge in [0.1, 0.15) is 5.58 Å². The third kappa shape index (κ3) is 10.2. The van der Waals surface area contributed by atoms with Gasteiger partial charge in [0.2, 0.25) is 0 Å². The van der Waals surface area contributed by atoms with Crippen LogP contribution in [0.2, 0.25) is 19.6 Å². The first-order valence-corrected chi connectivity index (χ1v) is 24.1. The third-order valence-electron chi connectivity index (χ3n) is 10.5. The van der Waals surface area contributed by atoms with Crippen molar-refractivity contribution < 1.29 is 42.2 Å². The minimum atomic E-state index is -1.53. The van der Waals surface area contributed by atoms with E-state index in [1.165, 1.54) is 11.3 Å². The van der Waals surface area contributed by atoms with Gasteiger partial charge in [0.05, 0.1) is 13.7 Å². The molecular weight excluding hydrogens is 973 g/mol. The van der Waals surface area contributed by atoms with Gasteiger partial charge < -0.3 is 19.3 Å². The van der Waals surface area contributed by atoms with Gasteiger partial charge in [0, 0.05) is 46.2 Å². The first-order valence-electron chi connectivity index (χ1n) is 21.6. The number of furan rings is 1. The summed E-state index contributed by atoms with van der Waals surface area (Å²) in [5.74, 6) is -0.811. The van der Waals surface area contributed by atoms with Crippen LogP contribution in [-0.2, 0) is 31.4 Å². The molecule has 1 N–H and O–H groups in total. The zero-order valence-corrected chi connectivity index (χ0v) is 39.4. The number of fused-ring (bicyclic) bond motifs is 3. The quantitative estimate of drug-likeness (QED) is 0.0706. The smallest absolute Gasteiger partial charge is 0.333 e. The second kappa shape index (κ2) is 19.0.